The van der Waals surface area contributed by atoms with E-state index in [1.165, 1.54) is 17.0 Å². The molecule has 0 bridgehead atoms. The molecule has 0 aliphatic rings. The van der Waals surface area contributed by atoms with E-state index in [0.717, 1.165) is 19.3 Å². The van der Waals surface area contributed by atoms with Crippen molar-refractivity contribution in [1.82, 2.24) is 10.2 Å². The molecule has 2 unspecified atom stereocenters. The molecule has 2 aromatic carbocycles. The number of ether oxygens (including phenoxy) is 2. The van der Waals surface area contributed by atoms with Gasteiger partial charge in [0.2, 0.25) is 5.91 Å². The smallest absolute Gasteiger partial charge is 0.408 e. The average molecular weight is 570 g/mol. The van der Waals surface area contributed by atoms with Crippen molar-refractivity contribution in [2.75, 3.05) is 19.0 Å². The highest BCUT2D eigenvalue weighted by Crippen LogP contribution is 2.28. The second kappa shape index (κ2) is 15.9. The minimum atomic E-state index is -1.06. The van der Waals surface area contributed by atoms with Crippen molar-refractivity contribution in [3.8, 4) is 11.5 Å². The lowest BCUT2D eigenvalue weighted by Gasteiger charge is -2.35. The van der Waals surface area contributed by atoms with Crippen molar-refractivity contribution < 1.29 is 29.0 Å². The van der Waals surface area contributed by atoms with Gasteiger partial charge in [0.1, 0.15) is 29.2 Å². The molecule has 2 aromatic rings. The molecular weight excluding hydrogens is 522 g/mol. The minimum absolute atomic E-state index is 0.0197. The van der Waals surface area contributed by atoms with Gasteiger partial charge in [-0.2, -0.15) is 0 Å². The Morgan fingerprint density at radius 1 is 1.00 bits per heavy atom. The number of hydrogen-bond donors (Lipinski definition) is 3. The fourth-order valence-corrected chi connectivity index (χ4v) is 4.47. The SMILES string of the molecule is CCCCCCN(C(=O)C(CC(C)C)NC(=O)OC(C)(C)C)C(C(=O)Nc1ccc(OC)cc1)c1cccc(O)c1. The van der Waals surface area contributed by atoms with Gasteiger partial charge in [-0.15, -0.1) is 0 Å². The van der Waals surface area contributed by atoms with E-state index in [9.17, 15) is 19.5 Å². The second-order valence-corrected chi connectivity index (χ2v) is 11.6. The van der Waals surface area contributed by atoms with Gasteiger partial charge in [-0.25, -0.2) is 4.79 Å². The molecular formula is C32H47N3O6. The first-order valence-corrected chi connectivity index (χ1v) is 14.4. The van der Waals surface area contributed by atoms with Gasteiger partial charge in [-0.1, -0.05) is 52.2 Å². The van der Waals surface area contributed by atoms with E-state index in [0.29, 0.717) is 36.4 Å². The molecule has 2 atom stereocenters. The highest BCUT2D eigenvalue weighted by molar-refractivity contribution is 5.99. The van der Waals surface area contributed by atoms with Crippen LogP contribution in [0.25, 0.3) is 0 Å². The Morgan fingerprint density at radius 2 is 1.68 bits per heavy atom. The maximum absolute atomic E-state index is 14.3. The number of alkyl carbamates (subject to hydrolysis) is 1. The van der Waals surface area contributed by atoms with Gasteiger partial charge >= 0.3 is 6.09 Å². The lowest BCUT2D eigenvalue weighted by molar-refractivity contribution is -0.141. The largest absolute Gasteiger partial charge is 0.508 e. The van der Waals surface area contributed by atoms with Gasteiger partial charge in [0.25, 0.3) is 5.91 Å². The number of nitrogens with one attached hydrogen (secondary N) is 2. The van der Waals surface area contributed by atoms with Crippen molar-refractivity contribution >= 4 is 23.6 Å². The zero-order valence-electron chi connectivity index (χ0n) is 25.5. The molecule has 0 fully saturated rings. The van der Waals surface area contributed by atoms with Crippen LogP contribution in [0.4, 0.5) is 10.5 Å². The normalized spacial score (nSPS) is 12.8. The molecule has 0 saturated carbocycles. The summed E-state index contributed by atoms with van der Waals surface area (Å²) in [5.41, 5.74) is 0.253. The van der Waals surface area contributed by atoms with E-state index in [1.54, 1.807) is 64.3 Å². The number of benzene rings is 2. The Labute approximate surface area is 244 Å². The van der Waals surface area contributed by atoms with Crippen LogP contribution in [0.5, 0.6) is 11.5 Å². The number of nitrogens with zero attached hydrogens (tertiary/aromatic N) is 1. The average Bonchev–Trinajstić information content (AvgIpc) is 2.88. The number of carbonyl (C=O) groups is 3. The quantitative estimate of drug-likeness (QED) is 0.226. The molecule has 0 heterocycles. The molecule has 3 N–H and O–H groups in total. The van der Waals surface area contributed by atoms with Crippen molar-refractivity contribution in [3.63, 3.8) is 0 Å². The topological polar surface area (TPSA) is 117 Å². The predicted octanol–water partition coefficient (Wildman–Crippen LogP) is 6.43. The van der Waals surface area contributed by atoms with Crippen LogP contribution >= 0.6 is 0 Å². The molecule has 9 heteroatoms. The monoisotopic (exact) mass is 569 g/mol. The zero-order valence-corrected chi connectivity index (χ0v) is 25.5. The van der Waals surface area contributed by atoms with E-state index in [1.807, 2.05) is 13.8 Å². The number of phenols is 1. The minimum Gasteiger partial charge on any atom is -0.508 e. The van der Waals surface area contributed by atoms with Gasteiger partial charge in [-0.3, -0.25) is 9.59 Å². The van der Waals surface area contributed by atoms with Gasteiger partial charge in [-0.05, 0) is 81.5 Å². The van der Waals surface area contributed by atoms with Crippen molar-refractivity contribution in [2.24, 2.45) is 5.92 Å². The molecule has 2 rings (SSSR count). The van der Waals surface area contributed by atoms with Crippen LogP contribution in [-0.2, 0) is 14.3 Å². The van der Waals surface area contributed by atoms with E-state index in [4.69, 9.17) is 9.47 Å². The lowest BCUT2D eigenvalue weighted by atomic mass is 9.98. The molecule has 0 aliphatic heterocycles. The van der Waals surface area contributed by atoms with Gasteiger partial charge in [0, 0.05) is 12.2 Å². The van der Waals surface area contributed by atoms with Crippen LogP contribution in [0, 0.1) is 5.92 Å². The van der Waals surface area contributed by atoms with Gasteiger partial charge < -0.3 is 30.1 Å². The summed E-state index contributed by atoms with van der Waals surface area (Å²) in [5, 5.41) is 16.0. The molecule has 0 aromatic heterocycles. The number of anilines is 1. The summed E-state index contributed by atoms with van der Waals surface area (Å²) >= 11 is 0. The number of hydrogen-bond acceptors (Lipinski definition) is 6. The molecule has 0 radical (unpaired) electrons. The zero-order chi connectivity index (χ0) is 30.6. The van der Waals surface area contributed by atoms with E-state index < -0.39 is 29.7 Å². The summed E-state index contributed by atoms with van der Waals surface area (Å²) in [5.74, 6) is -0.128. The second-order valence-electron chi connectivity index (χ2n) is 11.6. The Bertz CT molecular complexity index is 1130. The van der Waals surface area contributed by atoms with Crippen molar-refractivity contribution in [1.29, 1.82) is 0 Å². The third-order valence-electron chi connectivity index (χ3n) is 6.34. The standard InChI is InChI=1S/C32H47N3O6/c1-8-9-10-11-19-35(30(38)27(20-22(2)3)34-31(39)41-32(4,5)6)28(23-13-12-14-25(36)21-23)29(37)33-24-15-17-26(40-7)18-16-24/h12-18,21-22,27-28,36H,8-11,19-20H2,1-7H3,(H,33,37)(H,34,39). The maximum Gasteiger partial charge on any atom is 0.408 e. The molecule has 226 valence electrons. The summed E-state index contributed by atoms with van der Waals surface area (Å²) in [4.78, 5) is 42.5. The number of aromatic hydroxyl groups is 1. The van der Waals surface area contributed by atoms with Crippen LogP contribution < -0.4 is 15.4 Å². The van der Waals surface area contributed by atoms with E-state index in [-0.39, 0.29) is 17.6 Å². The Kier molecular flexibility index (Phi) is 13.0. The first-order valence-electron chi connectivity index (χ1n) is 14.4. The fourth-order valence-electron chi connectivity index (χ4n) is 4.47. The molecule has 41 heavy (non-hydrogen) atoms. The fraction of sp³-hybridized carbons (Fsp3) is 0.531. The molecule has 0 spiro atoms. The molecule has 0 saturated heterocycles. The third kappa shape index (κ3) is 11.3. The summed E-state index contributed by atoms with van der Waals surface area (Å²) in [6, 6.07) is 11.3. The molecule has 3 amide bonds. The Balaban J connectivity index is 2.52. The van der Waals surface area contributed by atoms with Gasteiger partial charge in [0.15, 0.2) is 0 Å². The number of amides is 3. The van der Waals surface area contributed by atoms with Crippen molar-refractivity contribution in [2.45, 2.75) is 91.3 Å². The van der Waals surface area contributed by atoms with Crippen LogP contribution in [-0.4, -0.2) is 53.2 Å². The lowest BCUT2D eigenvalue weighted by Crippen LogP contribution is -2.53. The summed E-state index contributed by atoms with van der Waals surface area (Å²) in [7, 11) is 1.56. The molecule has 0 aliphatic carbocycles. The predicted molar refractivity (Wildman–Crippen MR) is 161 cm³/mol. The highest BCUT2D eigenvalue weighted by atomic mass is 16.6. The van der Waals surface area contributed by atoms with Crippen LogP contribution in [0.2, 0.25) is 0 Å². The number of carbonyl (C=O) groups excluding carboxylic acids is 3. The number of phenolic OH excluding ortho intramolecular Hbond substituents is 1. The maximum atomic E-state index is 14.3. The number of unbranched alkanes of at least 4 members (excludes halogenated alkanes) is 3. The number of rotatable bonds is 14. The Morgan fingerprint density at radius 3 is 2.24 bits per heavy atom. The van der Waals surface area contributed by atoms with Crippen molar-refractivity contribution in [3.05, 3.63) is 54.1 Å². The first-order chi connectivity index (χ1) is 19.3. The van der Waals surface area contributed by atoms with Gasteiger partial charge in [0.05, 0.1) is 7.11 Å². The summed E-state index contributed by atoms with van der Waals surface area (Å²) < 4.78 is 10.7. The van der Waals surface area contributed by atoms with E-state index >= 15 is 0 Å². The van der Waals surface area contributed by atoms with Crippen LogP contribution in [0.15, 0.2) is 48.5 Å². The van der Waals surface area contributed by atoms with E-state index in [2.05, 4.69) is 17.6 Å². The highest BCUT2D eigenvalue weighted by Gasteiger charge is 2.36. The first kappa shape index (κ1) is 33.5. The number of methoxy groups -OCH3 is 1. The molecule has 9 nitrogen and oxygen atoms in total. The van der Waals surface area contributed by atoms with Crippen LogP contribution in [0.3, 0.4) is 0 Å². The summed E-state index contributed by atoms with van der Waals surface area (Å²) in [6.45, 7) is 11.6. The third-order valence-corrected chi connectivity index (χ3v) is 6.34. The summed E-state index contributed by atoms with van der Waals surface area (Å²) in [6.07, 6.45) is 3.21. The Hall–Kier alpha value is -3.75. The van der Waals surface area contributed by atoms with Crippen LogP contribution in [0.1, 0.15) is 85.3 Å².